The molecule has 8 heteroatoms. The summed E-state index contributed by atoms with van der Waals surface area (Å²) in [5, 5.41) is 0.463. The molecular weight excluding hydrogens is 264 g/mol. The molecule has 0 aromatic carbocycles. The van der Waals surface area contributed by atoms with Crippen LogP contribution in [0.3, 0.4) is 0 Å². The highest BCUT2D eigenvalue weighted by Crippen LogP contribution is 2.19. The van der Waals surface area contributed by atoms with Crippen molar-refractivity contribution in [1.82, 2.24) is 14.5 Å². The number of aromatic nitrogens is 3. The second-order valence-electron chi connectivity index (χ2n) is 3.75. The third kappa shape index (κ3) is 2.67. The van der Waals surface area contributed by atoms with E-state index in [0.29, 0.717) is 16.2 Å². The topological polar surface area (TPSA) is 90.9 Å². The van der Waals surface area contributed by atoms with Crippen LogP contribution >= 0.6 is 11.6 Å². The summed E-state index contributed by atoms with van der Waals surface area (Å²) >= 11 is 5.78. The lowest BCUT2D eigenvalue weighted by Gasteiger charge is -2.04. The number of nitrogen functional groups attached to an aromatic ring is 1. The SMILES string of the molecule is CS(=O)(=O)CCn1c(N)nc2cc(Cl)cnc21. The first-order valence-corrected chi connectivity index (χ1v) is 7.25. The third-order valence-electron chi connectivity index (χ3n) is 2.27. The monoisotopic (exact) mass is 274 g/mol. The van der Waals surface area contributed by atoms with Crippen LogP contribution in [0, 0.1) is 0 Å². The summed E-state index contributed by atoms with van der Waals surface area (Å²) in [7, 11) is -3.05. The number of nitrogens with two attached hydrogens (primary N) is 1. The minimum Gasteiger partial charge on any atom is -0.369 e. The average Bonchev–Trinajstić information content (AvgIpc) is 2.48. The molecule has 0 aliphatic carbocycles. The van der Waals surface area contributed by atoms with E-state index in [1.54, 1.807) is 10.6 Å². The number of anilines is 1. The molecule has 0 fully saturated rings. The van der Waals surface area contributed by atoms with Gasteiger partial charge in [0.05, 0.1) is 10.8 Å². The van der Waals surface area contributed by atoms with Crippen molar-refractivity contribution in [3.8, 4) is 0 Å². The maximum absolute atomic E-state index is 11.1. The van der Waals surface area contributed by atoms with Gasteiger partial charge in [-0.05, 0) is 6.07 Å². The standard InChI is InChI=1S/C9H11ClN4O2S/c1-17(15,16)3-2-14-8-7(13-9(14)11)4-6(10)5-12-8/h4-5H,2-3H2,1H3,(H2,11,13). The van der Waals surface area contributed by atoms with Gasteiger partial charge < -0.3 is 5.73 Å². The number of hydrogen-bond donors (Lipinski definition) is 1. The van der Waals surface area contributed by atoms with Crippen LogP contribution in [0.2, 0.25) is 5.02 Å². The molecule has 0 bridgehead atoms. The second kappa shape index (κ2) is 4.15. The number of sulfone groups is 1. The van der Waals surface area contributed by atoms with E-state index in [-0.39, 0.29) is 18.2 Å². The predicted octanol–water partition coefficient (Wildman–Crippen LogP) is 0.711. The Morgan fingerprint density at radius 2 is 2.24 bits per heavy atom. The summed E-state index contributed by atoms with van der Waals surface area (Å²) in [4.78, 5) is 8.17. The fourth-order valence-electron chi connectivity index (χ4n) is 1.48. The van der Waals surface area contributed by atoms with Gasteiger partial charge in [-0.15, -0.1) is 0 Å². The molecule has 2 aromatic heterocycles. The number of rotatable bonds is 3. The molecule has 0 aliphatic rings. The molecule has 0 atom stereocenters. The molecule has 17 heavy (non-hydrogen) atoms. The van der Waals surface area contributed by atoms with E-state index >= 15 is 0 Å². The van der Waals surface area contributed by atoms with E-state index < -0.39 is 9.84 Å². The molecule has 0 spiro atoms. The van der Waals surface area contributed by atoms with Crippen molar-refractivity contribution in [3.63, 3.8) is 0 Å². The third-order valence-corrected chi connectivity index (χ3v) is 3.40. The minimum absolute atomic E-state index is 0.00698. The highest BCUT2D eigenvalue weighted by molar-refractivity contribution is 7.90. The Balaban J connectivity index is 2.43. The molecular formula is C9H11ClN4O2S. The first-order valence-electron chi connectivity index (χ1n) is 4.82. The summed E-state index contributed by atoms with van der Waals surface area (Å²) in [6.07, 6.45) is 2.65. The molecule has 2 aromatic rings. The number of imidazole rings is 1. The maximum Gasteiger partial charge on any atom is 0.202 e. The van der Waals surface area contributed by atoms with E-state index in [1.165, 1.54) is 12.5 Å². The first-order chi connectivity index (χ1) is 7.87. The predicted molar refractivity (Wildman–Crippen MR) is 66.7 cm³/mol. The highest BCUT2D eigenvalue weighted by atomic mass is 35.5. The molecule has 0 amide bonds. The lowest BCUT2D eigenvalue weighted by Crippen LogP contribution is -2.13. The molecule has 2 rings (SSSR count). The van der Waals surface area contributed by atoms with Gasteiger partial charge in [-0.3, -0.25) is 4.57 Å². The molecule has 0 aliphatic heterocycles. The van der Waals surface area contributed by atoms with Crippen molar-refractivity contribution in [1.29, 1.82) is 0 Å². The van der Waals surface area contributed by atoms with Crippen LogP contribution < -0.4 is 5.73 Å². The van der Waals surface area contributed by atoms with Crippen LogP contribution in [0.15, 0.2) is 12.3 Å². The Bertz CT molecular complexity index is 665. The molecule has 92 valence electrons. The number of aryl methyl sites for hydroxylation is 1. The van der Waals surface area contributed by atoms with Crippen molar-refractivity contribution >= 4 is 38.6 Å². The Kier molecular flexibility index (Phi) is 2.96. The zero-order valence-corrected chi connectivity index (χ0v) is 10.7. The van der Waals surface area contributed by atoms with Gasteiger partial charge >= 0.3 is 0 Å². The van der Waals surface area contributed by atoms with Crippen molar-refractivity contribution in [2.24, 2.45) is 0 Å². The number of hydrogen-bond acceptors (Lipinski definition) is 5. The summed E-state index contributed by atoms with van der Waals surface area (Å²) in [6.45, 7) is 0.232. The molecule has 0 unspecified atom stereocenters. The first kappa shape index (κ1) is 12.1. The molecule has 2 heterocycles. The van der Waals surface area contributed by atoms with Gasteiger partial charge in [-0.1, -0.05) is 11.6 Å². The quantitative estimate of drug-likeness (QED) is 0.890. The lowest BCUT2D eigenvalue weighted by molar-refractivity contribution is 0.596. The van der Waals surface area contributed by atoms with E-state index in [1.807, 2.05) is 0 Å². The molecule has 6 nitrogen and oxygen atoms in total. The van der Waals surface area contributed by atoms with Crippen LogP contribution in [-0.2, 0) is 16.4 Å². The van der Waals surface area contributed by atoms with E-state index in [2.05, 4.69) is 9.97 Å². The molecule has 2 N–H and O–H groups in total. The van der Waals surface area contributed by atoms with Gasteiger partial charge in [-0.25, -0.2) is 18.4 Å². The summed E-state index contributed by atoms with van der Waals surface area (Å²) < 4.78 is 23.8. The minimum atomic E-state index is -3.05. The van der Waals surface area contributed by atoms with Gasteiger partial charge in [0, 0.05) is 19.0 Å². The Morgan fingerprint density at radius 3 is 2.88 bits per heavy atom. The second-order valence-corrected chi connectivity index (χ2v) is 6.44. The number of pyridine rings is 1. The van der Waals surface area contributed by atoms with Crippen molar-refractivity contribution < 1.29 is 8.42 Å². The van der Waals surface area contributed by atoms with Gasteiger partial charge in [0.2, 0.25) is 5.95 Å². The van der Waals surface area contributed by atoms with Crippen molar-refractivity contribution in [2.45, 2.75) is 6.54 Å². The summed E-state index contributed by atoms with van der Waals surface area (Å²) in [5.41, 5.74) is 6.80. The zero-order valence-electron chi connectivity index (χ0n) is 9.09. The van der Waals surface area contributed by atoms with Gasteiger partial charge in [0.25, 0.3) is 0 Å². The van der Waals surface area contributed by atoms with Crippen LogP contribution in [0.1, 0.15) is 0 Å². The smallest absolute Gasteiger partial charge is 0.202 e. The number of halogens is 1. The van der Waals surface area contributed by atoms with Gasteiger partial charge in [0.1, 0.15) is 15.4 Å². The number of fused-ring (bicyclic) bond motifs is 1. The van der Waals surface area contributed by atoms with Crippen LogP contribution in [-0.4, -0.2) is 35.0 Å². The zero-order chi connectivity index (χ0) is 12.6. The highest BCUT2D eigenvalue weighted by Gasteiger charge is 2.11. The van der Waals surface area contributed by atoms with Crippen LogP contribution in [0.25, 0.3) is 11.2 Å². The van der Waals surface area contributed by atoms with Crippen molar-refractivity contribution in [2.75, 3.05) is 17.7 Å². The number of nitrogens with zero attached hydrogens (tertiary/aromatic N) is 3. The normalized spacial score (nSPS) is 12.1. The van der Waals surface area contributed by atoms with E-state index in [9.17, 15) is 8.42 Å². The summed E-state index contributed by atoms with van der Waals surface area (Å²) in [6, 6.07) is 1.64. The van der Waals surface area contributed by atoms with Gasteiger partial charge in [-0.2, -0.15) is 0 Å². The molecule has 0 saturated carbocycles. The van der Waals surface area contributed by atoms with Gasteiger partial charge in [0.15, 0.2) is 5.65 Å². The Hall–Kier alpha value is -1.34. The average molecular weight is 275 g/mol. The van der Waals surface area contributed by atoms with E-state index in [4.69, 9.17) is 17.3 Å². The van der Waals surface area contributed by atoms with Crippen LogP contribution in [0.4, 0.5) is 5.95 Å². The molecule has 0 saturated heterocycles. The Labute approximate surface area is 103 Å². The fourth-order valence-corrected chi connectivity index (χ4v) is 2.15. The van der Waals surface area contributed by atoms with Crippen molar-refractivity contribution in [3.05, 3.63) is 17.3 Å². The lowest BCUT2D eigenvalue weighted by atomic mass is 10.4. The van der Waals surface area contributed by atoms with E-state index in [0.717, 1.165) is 0 Å². The molecule has 0 radical (unpaired) electrons. The Morgan fingerprint density at radius 1 is 1.53 bits per heavy atom. The maximum atomic E-state index is 11.1. The fraction of sp³-hybridized carbons (Fsp3) is 0.333. The largest absolute Gasteiger partial charge is 0.369 e. The van der Waals surface area contributed by atoms with Crippen LogP contribution in [0.5, 0.6) is 0 Å². The summed E-state index contributed by atoms with van der Waals surface area (Å²) in [5.74, 6) is 0.228.